The quantitative estimate of drug-likeness (QED) is 0.176. The molecule has 0 spiro atoms. The predicted octanol–water partition coefficient (Wildman–Crippen LogP) is 6.47. The van der Waals surface area contributed by atoms with Gasteiger partial charge in [-0.1, -0.05) is 48.0 Å². The van der Waals surface area contributed by atoms with Gasteiger partial charge in [-0.15, -0.1) is 0 Å². The second-order valence-corrected chi connectivity index (χ2v) is 11.5. The average Bonchev–Trinajstić information content (AvgIpc) is 3.01. The number of piperidine rings is 1. The molecule has 2 amide bonds. The third-order valence-electron chi connectivity index (χ3n) is 8.27. The molecule has 6 rings (SSSR count). The molecule has 0 aliphatic carbocycles. The number of benzene rings is 4. The van der Waals surface area contributed by atoms with Crippen LogP contribution < -0.4 is 19.7 Å². The van der Waals surface area contributed by atoms with E-state index < -0.39 is 10.6 Å². The maximum absolute atomic E-state index is 13.6. The minimum atomic E-state index is -1.000. The van der Waals surface area contributed by atoms with E-state index in [-0.39, 0.29) is 30.0 Å². The molecule has 2 bridgehead atoms. The number of nitro groups is 1. The number of aryl methyl sites for hydroxylation is 1. The van der Waals surface area contributed by atoms with Crippen molar-refractivity contribution in [2.45, 2.75) is 51.4 Å². The molecule has 44 heavy (non-hydrogen) atoms. The summed E-state index contributed by atoms with van der Waals surface area (Å²) >= 11 is 0. The topological polar surface area (TPSA) is 111 Å². The van der Waals surface area contributed by atoms with Gasteiger partial charge in [0.1, 0.15) is 6.61 Å². The van der Waals surface area contributed by atoms with Gasteiger partial charge in [0.2, 0.25) is 5.91 Å². The molecule has 0 radical (unpaired) electrons. The molecule has 4 aromatic rings. The fourth-order valence-electron chi connectivity index (χ4n) is 6.05. The number of fused-ring (bicyclic) bond motifs is 4. The van der Waals surface area contributed by atoms with Gasteiger partial charge in [0.25, 0.3) is 11.6 Å². The Labute approximate surface area is 255 Å². The largest absolute Gasteiger partial charge is 0.485 e. The van der Waals surface area contributed by atoms with Crippen molar-refractivity contribution in [1.82, 2.24) is 5.32 Å². The number of para-hydroxylation sites is 1. The van der Waals surface area contributed by atoms with Crippen LogP contribution in [0.3, 0.4) is 0 Å². The van der Waals surface area contributed by atoms with Gasteiger partial charge in [0, 0.05) is 54.3 Å². The van der Waals surface area contributed by atoms with E-state index in [0.717, 1.165) is 23.1 Å². The monoisotopic (exact) mass is 591 g/mol. The average molecular weight is 592 g/mol. The fourth-order valence-corrected chi connectivity index (χ4v) is 6.05. The molecular formula is C35H33N3O6. The van der Waals surface area contributed by atoms with Crippen LogP contribution in [0.5, 0.6) is 11.5 Å². The van der Waals surface area contributed by atoms with Gasteiger partial charge in [-0.2, -0.15) is 0 Å². The number of nitro benzene ring substituents is 1. The third kappa shape index (κ3) is 5.86. The molecule has 4 aromatic carbocycles. The van der Waals surface area contributed by atoms with Gasteiger partial charge in [-0.25, -0.2) is 0 Å². The molecule has 0 aromatic heterocycles. The summed E-state index contributed by atoms with van der Waals surface area (Å²) in [5, 5.41) is 14.0. The lowest BCUT2D eigenvalue weighted by Crippen LogP contribution is -2.60. The number of nitrogens with one attached hydrogen (secondary N) is 1. The number of hydrogen-bond donors (Lipinski definition) is 1. The van der Waals surface area contributed by atoms with E-state index in [0.29, 0.717) is 42.1 Å². The van der Waals surface area contributed by atoms with Crippen LogP contribution in [0.1, 0.15) is 58.3 Å². The minimum Gasteiger partial charge on any atom is -0.485 e. The second kappa shape index (κ2) is 11.8. The van der Waals surface area contributed by atoms with Crippen LogP contribution in [0, 0.1) is 17.0 Å². The van der Waals surface area contributed by atoms with Gasteiger partial charge >= 0.3 is 0 Å². The van der Waals surface area contributed by atoms with E-state index in [1.54, 1.807) is 35.2 Å². The van der Waals surface area contributed by atoms with Gasteiger partial charge in [-0.3, -0.25) is 24.6 Å². The summed E-state index contributed by atoms with van der Waals surface area (Å²) in [6.07, 6.45) is 1.60. The molecule has 9 heteroatoms. The van der Waals surface area contributed by atoms with Crippen LogP contribution in [-0.4, -0.2) is 29.0 Å². The molecule has 1 fully saturated rings. The highest BCUT2D eigenvalue weighted by Crippen LogP contribution is 2.52. The maximum Gasteiger partial charge on any atom is 0.269 e. The summed E-state index contributed by atoms with van der Waals surface area (Å²) in [6.45, 7) is 4.63. The van der Waals surface area contributed by atoms with Crippen molar-refractivity contribution in [3.63, 3.8) is 0 Å². The Bertz CT molecular complexity index is 1720. The summed E-state index contributed by atoms with van der Waals surface area (Å²) in [5.74, 6) is 0.777. The first kappa shape index (κ1) is 28.9. The summed E-state index contributed by atoms with van der Waals surface area (Å²) in [5.41, 5.74) is 4.11. The molecule has 2 aliphatic heterocycles. The van der Waals surface area contributed by atoms with Crippen molar-refractivity contribution in [1.29, 1.82) is 0 Å². The SMILES string of the molecule is Cc1ccc(CCNC(=O)c2cccc(N3C(=O)CC4CC3(C)Oc3c(OCc5ccc([N+](=O)[O-])cc5)cccc34)c2)cc1. The van der Waals surface area contributed by atoms with Crippen molar-refractivity contribution in [3.8, 4) is 11.5 Å². The Kier molecular flexibility index (Phi) is 7.78. The Hall–Kier alpha value is -5.18. The first-order valence-electron chi connectivity index (χ1n) is 14.6. The lowest BCUT2D eigenvalue weighted by Gasteiger charge is -2.50. The molecule has 224 valence electrons. The zero-order chi connectivity index (χ0) is 30.8. The second-order valence-electron chi connectivity index (χ2n) is 11.5. The van der Waals surface area contributed by atoms with Crippen molar-refractivity contribution in [2.24, 2.45) is 0 Å². The van der Waals surface area contributed by atoms with Crippen LogP contribution in [0.15, 0.2) is 91.0 Å². The number of carbonyl (C=O) groups is 2. The van der Waals surface area contributed by atoms with Crippen molar-refractivity contribution in [2.75, 3.05) is 11.4 Å². The summed E-state index contributed by atoms with van der Waals surface area (Å²) in [7, 11) is 0. The van der Waals surface area contributed by atoms with Crippen molar-refractivity contribution >= 4 is 23.2 Å². The van der Waals surface area contributed by atoms with Crippen molar-refractivity contribution < 1.29 is 24.0 Å². The minimum absolute atomic E-state index is 0.0171. The molecule has 2 unspecified atom stereocenters. The maximum atomic E-state index is 13.6. The third-order valence-corrected chi connectivity index (χ3v) is 8.27. The van der Waals surface area contributed by atoms with Gasteiger partial charge in [0.05, 0.1) is 4.92 Å². The Balaban J connectivity index is 1.19. The molecule has 2 aliphatic rings. The number of amides is 2. The zero-order valence-electron chi connectivity index (χ0n) is 24.6. The number of ether oxygens (including phenoxy) is 2. The lowest BCUT2D eigenvalue weighted by molar-refractivity contribution is -0.384. The van der Waals surface area contributed by atoms with E-state index in [2.05, 4.69) is 29.6 Å². The van der Waals surface area contributed by atoms with E-state index in [1.165, 1.54) is 17.7 Å². The highest BCUT2D eigenvalue weighted by atomic mass is 16.6. The summed E-state index contributed by atoms with van der Waals surface area (Å²) < 4.78 is 12.8. The lowest BCUT2D eigenvalue weighted by atomic mass is 9.80. The van der Waals surface area contributed by atoms with E-state index in [4.69, 9.17) is 9.47 Å². The van der Waals surface area contributed by atoms with Crippen molar-refractivity contribution in [3.05, 3.63) is 129 Å². The van der Waals surface area contributed by atoms with E-state index in [9.17, 15) is 19.7 Å². The van der Waals surface area contributed by atoms with Crippen LogP contribution >= 0.6 is 0 Å². The number of non-ortho nitro benzene ring substituents is 1. The molecule has 0 saturated carbocycles. The highest BCUT2D eigenvalue weighted by molar-refractivity contribution is 5.99. The standard InChI is InChI=1S/C35H33N3O6/c1-23-9-11-24(12-10-23)17-18-36-34(40)26-5-3-6-29(19-26)37-32(39)20-27-21-35(37,2)44-33-30(27)7-4-8-31(33)43-22-25-13-15-28(16-14-25)38(41)42/h3-16,19,27H,17-18,20-22H2,1-2H3,(H,36,40). The van der Waals surface area contributed by atoms with Gasteiger partial charge in [-0.05, 0) is 67.8 Å². The Morgan fingerprint density at radius 1 is 1.05 bits per heavy atom. The van der Waals surface area contributed by atoms with Gasteiger partial charge in [0.15, 0.2) is 17.2 Å². The number of hydrogen-bond acceptors (Lipinski definition) is 6. The van der Waals surface area contributed by atoms with Crippen LogP contribution in [0.4, 0.5) is 11.4 Å². The van der Waals surface area contributed by atoms with Crippen LogP contribution in [-0.2, 0) is 17.8 Å². The zero-order valence-corrected chi connectivity index (χ0v) is 24.6. The normalized spacial score (nSPS) is 18.6. The van der Waals surface area contributed by atoms with Crippen LogP contribution in [0.2, 0.25) is 0 Å². The Morgan fingerprint density at radius 2 is 1.77 bits per heavy atom. The fraction of sp³-hybridized carbons (Fsp3) is 0.257. The van der Waals surface area contributed by atoms with Gasteiger partial charge < -0.3 is 14.8 Å². The molecular weight excluding hydrogens is 558 g/mol. The highest BCUT2D eigenvalue weighted by Gasteiger charge is 2.50. The summed E-state index contributed by atoms with van der Waals surface area (Å²) in [4.78, 5) is 38.9. The molecule has 9 nitrogen and oxygen atoms in total. The number of nitrogens with zero attached hydrogens (tertiary/aromatic N) is 2. The number of rotatable bonds is 9. The molecule has 1 saturated heterocycles. The molecule has 2 atom stereocenters. The Morgan fingerprint density at radius 3 is 2.52 bits per heavy atom. The molecule has 2 heterocycles. The van der Waals surface area contributed by atoms with Crippen LogP contribution in [0.25, 0.3) is 0 Å². The smallest absolute Gasteiger partial charge is 0.269 e. The first-order chi connectivity index (χ1) is 21.2. The van der Waals surface area contributed by atoms with E-state index >= 15 is 0 Å². The number of carbonyl (C=O) groups excluding carboxylic acids is 2. The first-order valence-corrected chi connectivity index (χ1v) is 14.6. The molecule has 1 N–H and O–H groups in total. The van der Waals surface area contributed by atoms with E-state index in [1.807, 2.05) is 38.1 Å². The summed E-state index contributed by atoms with van der Waals surface area (Å²) in [6, 6.07) is 27.2. The number of anilines is 1. The predicted molar refractivity (Wildman–Crippen MR) is 166 cm³/mol.